The quantitative estimate of drug-likeness (QED) is 0.563. The van der Waals surface area contributed by atoms with Crippen LogP contribution >= 0.6 is 0 Å². The molecule has 0 saturated carbocycles. The van der Waals surface area contributed by atoms with Gasteiger partial charge in [0.15, 0.2) is 0 Å². The largest absolute Gasteiger partial charge is 0.400 e. The van der Waals surface area contributed by atoms with E-state index in [1.165, 1.54) is 0 Å². The molecular formula is C8H14O. The summed E-state index contributed by atoms with van der Waals surface area (Å²) >= 11 is 0. The van der Waals surface area contributed by atoms with Gasteiger partial charge in [0, 0.05) is 7.11 Å². The molecule has 0 heterocycles. The van der Waals surface area contributed by atoms with Gasteiger partial charge in [-0.3, -0.25) is 0 Å². The molecule has 0 aliphatic heterocycles. The number of aliphatic hydroxyl groups is 1. The van der Waals surface area contributed by atoms with Crippen molar-refractivity contribution >= 4 is 0 Å². The van der Waals surface area contributed by atoms with E-state index in [2.05, 4.69) is 0 Å². The minimum absolute atomic E-state index is 0. The molecular weight excluding hydrogens is 112 g/mol. The van der Waals surface area contributed by atoms with E-state index in [-0.39, 0.29) is 7.43 Å². The van der Waals surface area contributed by atoms with Gasteiger partial charge in [0.05, 0.1) is 0 Å². The lowest BCUT2D eigenvalue weighted by Crippen LogP contribution is -1.47. The van der Waals surface area contributed by atoms with E-state index in [4.69, 9.17) is 5.11 Å². The summed E-state index contributed by atoms with van der Waals surface area (Å²) in [7, 11) is 1.00. The summed E-state index contributed by atoms with van der Waals surface area (Å²) in [6.45, 7) is 0. The second-order valence-electron chi connectivity index (χ2n) is 1.15. The lowest BCUT2D eigenvalue weighted by molar-refractivity contribution is 0.399. The minimum Gasteiger partial charge on any atom is -0.400 e. The molecule has 1 N–H and O–H groups in total. The molecule has 1 aromatic carbocycles. The van der Waals surface area contributed by atoms with Crippen LogP contribution < -0.4 is 0 Å². The molecule has 0 radical (unpaired) electrons. The minimum atomic E-state index is 0. The van der Waals surface area contributed by atoms with Crippen LogP contribution in [0.4, 0.5) is 0 Å². The Morgan fingerprint density at radius 2 is 0.778 bits per heavy atom. The lowest BCUT2D eigenvalue weighted by atomic mass is 10.4. The fourth-order valence-electron chi connectivity index (χ4n) is 0.385. The average Bonchev–Trinajstić information content (AvgIpc) is 1.96. The fourth-order valence-corrected chi connectivity index (χ4v) is 0.385. The molecule has 0 spiro atoms. The van der Waals surface area contributed by atoms with Crippen LogP contribution in [0.2, 0.25) is 0 Å². The summed E-state index contributed by atoms with van der Waals surface area (Å²) < 4.78 is 0. The molecule has 0 aliphatic rings. The highest BCUT2D eigenvalue weighted by molar-refractivity contribution is 4.99. The smallest absolute Gasteiger partial charge is 0.0319 e. The third-order valence-corrected chi connectivity index (χ3v) is 0.667. The van der Waals surface area contributed by atoms with E-state index in [9.17, 15) is 0 Å². The fraction of sp³-hybridized carbons (Fsp3) is 0.250. The van der Waals surface area contributed by atoms with E-state index in [0.29, 0.717) is 0 Å². The molecule has 1 nitrogen and oxygen atoms in total. The standard InChI is InChI=1S/C6H6.CH4O.CH4/c1-2-4-6-5-3-1;1-2;/h1-6H;2H,1H3;1H4. The molecule has 1 heteroatoms. The maximum Gasteiger partial charge on any atom is 0.0319 e. The van der Waals surface area contributed by atoms with Crippen LogP contribution in [0.25, 0.3) is 0 Å². The number of benzene rings is 1. The van der Waals surface area contributed by atoms with Gasteiger partial charge in [-0.25, -0.2) is 0 Å². The maximum atomic E-state index is 7.00. The van der Waals surface area contributed by atoms with Crippen molar-refractivity contribution in [2.45, 2.75) is 7.43 Å². The second-order valence-corrected chi connectivity index (χ2v) is 1.15. The number of hydrogen-bond acceptors (Lipinski definition) is 1. The Morgan fingerprint density at radius 1 is 0.667 bits per heavy atom. The SMILES string of the molecule is C.CO.c1ccccc1. The van der Waals surface area contributed by atoms with Crippen LogP contribution in [0.3, 0.4) is 0 Å². The van der Waals surface area contributed by atoms with E-state index in [1.807, 2.05) is 36.4 Å². The Morgan fingerprint density at radius 3 is 0.889 bits per heavy atom. The molecule has 0 atom stereocenters. The third kappa shape index (κ3) is 7.18. The van der Waals surface area contributed by atoms with Gasteiger partial charge in [0.1, 0.15) is 0 Å². The van der Waals surface area contributed by atoms with Crippen LogP contribution in [0.1, 0.15) is 7.43 Å². The molecule has 0 amide bonds. The Labute approximate surface area is 57.0 Å². The van der Waals surface area contributed by atoms with Crippen molar-refractivity contribution in [3.8, 4) is 0 Å². The Balaban J connectivity index is 0. The van der Waals surface area contributed by atoms with Gasteiger partial charge < -0.3 is 5.11 Å². The number of rotatable bonds is 0. The summed E-state index contributed by atoms with van der Waals surface area (Å²) in [5, 5.41) is 7.00. The van der Waals surface area contributed by atoms with Gasteiger partial charge in [-0.1, -0.05) is 43.8 Å². The molecule has 0 aliphatic carbocycles. The maximum absolute atomic E-state index is 7.00. The molecule has 0 saturated heterocycles. The van der Waals surface area contributed by atoms with Crippen LogP contribution in [0.15, 0.2) is 36.4 Å². The highest BCUT2D eigenvalue weighted by Gasteiger charge is 1.57. The molecule has 1 rings (SSSR count). The zero-order chi connectivity index (χ0) is 6.24. The molecule has 0 fully saturated rings. The first-order valence-electron chi connectivity index (χ1n) is 2.45. The monoisotopic (exact) mass is 126 g/mol. The van der Waals surface area contributed by atoms with Gasteiger partial charge >= 0.3 is 0 Å². The normalized spacial score (nSPS) is 6.00. The van der Waals surface area contributed by atoms with Crippen molar-refractivity contribution in [2.24, 2.45) is 0 Å². The van der Waals surface area contributed by atoms with Crippen LogP contribution in [0, 0.1) is 0 Å². The van der Waals surface area contributed by atoms with Gasteiger partial charge in [-0.05, 0) is 0 Å². The predicted molar refractivity (Wildman–Crippen MR) is 41.3 cm³/mol. The third-order valence-electron chi connectivity index (χ3n) is 0.667. The van der Waals surface area contributed by atoms with Gasteiger partial charge in [0.2, 0.25) is 0 Å². The highest BCUT2D eigenvalue weighted by Crippen LogP contribution is 1.79. The molecule has 0 unspecified atom stereocenters. The lowest BCUT2D eigenvalue weighted by Gasteiger charge is -1.69. The first-order valence-corrected chi connectivity index (χ1v) is 2.45. The van der Waals surface area contributed by atoms with Crippen molar-refractivity contribution < 1.29 is 5.11 Å². The van der Waals surface area contributed by atoms with Crippen molar-refractivity contribution in [3.05, 3.63) is 36.4 Å². The van der Waals surface area contributed by atoms with E-state index in [1.54, 1.807) is 0 Å². The zero-order valence-corrected chi connectivity index (χ0v) is 4.91. The van der Waals surface area contributed by atoms with Gasteiger partial charge in [-0.15, -0.1) is 0 Å². The van der Waals surface area contributed by atoms with Crippen LogP contribution in [0.5, 0.6) is 0 Å². The number of aliphatic hydroxyl groups excluding tert-OH is 1. The molecule has 0 aromatic heterocycles. The van der Waals surface area contributed by atoms with Crippen LogP contribution in [-0.2, 0) is 0 Å². The van der Waals surface area contributed by atoms with Gasteiger partial charge in [-0.2, -0.15) is 0 Å². The Bertz CT molecular complexity index is 76.5. The molecule has 1 aromatic rings. The van der Waals surface area contributed by atoms with Crippen molar-refractivity contribution in [1.29, 1.82) is 0 Å². The first kappa shape index (κ1) is 11.0. The Hall–Kier alpha value is -0.820. The Kier molecular flexibility index (Phi) is 12.5. The predicted octanol–water partition coefficient (Wildman–Crippen LogP) is 1.93. The first-order chi connectivity index (χ1) is 4.00. The van der Waals surface area contributed by atoms with Gasteiger partial charge in [0.25, 0.3) is 0 Å². The summed E-state index contributed by atoms with van der Waals surface area (Å²) in [6, 6.07) is 12.0. The summed E-state index contributed by atoms with van der Waals surface area (Å²) in [6.07, 6.45) is 0. The van der Waals surface area contributed by atoms with E-state index < -0.39 is 0 Å². The van der Waals surface area contributed by atoms with E-state index in [0.717, 1.165) is 7.11 Å². The van der Waals surface area contributed by atoms with Crippen molar-refractivity contribution in [1.82, 2.24) is 0 Å². The highest BCUT2D eigenvalue weighted by atomic mass is 16.2. The molecule has 0 bridgehead atoms. The summed E-state index contributed by atoms with van der Waals surface area (Å²) in [5.74, 6) is 0. The van der Waals surface area contributed by atoms with Crippen molar-refractivity contribution in [2.75, 3.05) is 7.11 Å². The summed E-state index contributed by atoms with van der Waals surface area (Å²) in [4.78, 5) is 0. The molecule has 52 valence electrons. The number of hydrogen-bond donors (Lipinski definition) is 1. The van der Waals surface area contributed by atoms with E-state index >= 15 is 0 Å². The van der Waals surface area contributed by atoms with Crippen LogP contribution in [-0.4, -0.2) is 12.2 Å². The average molecular weight is 126 g/mol. The zero-order valence-electron chi connectivity index (χ0n) is 4.91. The topological polar surface area (TPSA) is 20.2 Å². The summed E-state index contributed by atoms with van der Waals surface area (Å²) in [5.41, 5.74) is 0. The molecule has 9 heavy (non-hydrogen) atoms. The second kappa shape index (κ2) is 10.2. The van der Waals surface area contributed by atoms with Crippen molar-refractivity contribution in [3.63, 3.8) is 0 Å².